The van der Waals surface area contributed by atoms with E-state index < -0.39 is 30.7 Å². The molecule has 0 radical (unpaired) electrons. The molecule has 2 rings (SSSR count). The Morgan fingerprint density at radius 1 is 1.24 bits per heavy atom. The molecule has 114 valence electrons. The van der Waals surface area contributed by atoms with Crippen molar-refractivity contribution in [1.82, 2.24) is 0 Å². The first-order valence-electron chi connectivity index (χ1n) is 6.55. The zero-order valence-electron chi connectivity index (χ0n) is 11.5. The normalized spacial score (nSPS) is 32.4. The van der Waals surface area contributed by atoms with Gasteiger partial charge in [-0.3, -0.25) is 0 Å². The molecule has 0 spiro atoms. The largest absolute Gasteiger partial charge is 0.504 e. The van der Waals surface area contributed by atoms with E-state index in [4.69, 9.17) is 15.9 Å². The van der Waals surface area contributed by atoms with E-state index in [-0.39, 0.29) is 11.5 Å². The molecule has 1 aliphatic heterocycles. The average Bonchev–Trinajstić information content (AvgIpc) is 2.45. The molecule has 1 aromatic carbocycles. The fourth-order valence-corrected chi connectivity index (χ4v) is 2.13. The summed E-state index contributed by atoms with van der Waals surface area (Å²) in [6.45, 7) is 1.55. The number of phenolic OH excluding ortho intramolecular Hbond substituents is 1. The minimum Gasteiger partial charge on any atom is -0.504 e. The van der Waals surface area contributed by atoms with Gasteiger partial charge < -0.3 is 29.9 Å². The van der Waals surface area contributed by atoms with E-state index in [9.17, 15) is 20.4 Å². The third-order valence-corrected chi connectivity index (χ3v) is 3.38. The first-order valence-corrected chi connectivity index (χ1v) is 6.55. The van der Waals surface area contributed by atoms with Crippen LogP contribution in [0.25, 0.3) is 0 Å². The molecule has 1 aliphatic rings. The Kier molecular flexibility index (Phi) is 4.70. The Bertz CT molecular complexity index is 537. The Hall–Kier alpha value is -1.78. The fraction of sp³-hybridized carbons (Fsp3) is 0.467. The van der Waals surface area contributed by atoms with Crippen molar-refractivity contribution >= 4 is 0 Å². The van der Waals surface area contributed by atoms with E-state index in [1.165, 1.54) is 12.1 Å². The molecular formula is C15H18O6. The van der Waals surface area contributed by atoms with Crippen LogP contribution in [-0.2, 0) is 11.2 Å². The number of aliphatic hydroxyl groups is 3. The summed E-state index contributed by atoms with van der Waals surface area (Å²) in [5.41, 5.74) is 0.747. The number of rotatable bonds is 3. The van der Waals surface area contributed by atoms with Gasteiger partial charge in [-0.1, -0.05) is 6.07 Å². The Morgan fingerprint density at radius 3 is 2.57 bits per heavy atom. The van der Waals surface area contributed by atoms with Gasteiger partial charge in [-0.15, -0.1) is 12.3 Å². The summed E-state index contributed by atoms with van der Waals surface area (Å²) >= 11 is 0. The third-order valence-electron chi connectivity index (χ3n) is 3.38. The second kappa shape index (κ2) is 6.33. The highest BCUT2D eigenvalue weighted by Gasteiger charge is 2.43. The van der Waals surface area contributed by atoms with Gasteiger partial charge in [0.2, 0.25) is 6.29 Å². The van der Waals surface area contributed by atoms with Crippen molar-refractivity contribution < 1.29 is 29.9 Å². The highest BCUT2D eigenvalue weighted by molar-refractivity contribution is 5.42. The average molecular weight is 294 g/mol. The lowest BCUT2D eigenvalue weighted by Gasteiger charge is -2.38. The lowest BCUT2D eigenvalue weighted by molar-refractivity contribution is -0.268. The molecule has 5 atom stereocenters. The van der Waals surface area contributed by atoms with Gasteiger partial charge in [-0.2, -0.15) is 0 Å². The number of aromatic hydroxyl groups is 1. The molecule has 0 bridgehead atoms. The van der Waals surface area contributed by atoms with Crippen molar-refractivity contribution in [3.8, 4) is 23.8 Å². The maximum Gasteiger partial charge on any atom is 0.229 e. The zero-order chi connectivity index (χ0) is 15.6. The van der Waals surface area contributed by atoms with Crippen LogP contribution >= 0.6 is 0 Å². The summed E-state index contributed by atoms with van der Waals surface area (Å²) in [6.07, 6.45) is -0.357. The van der Waals surface area contributed by atoms with Crippen molar-refractivity contribution in [1.29, 1.82) is 0 Å². The number of ether oxygens (including phenoxy) is 2. The number of phenols is 1. The molecule has 4 N–H and O–H groups in total. The smallest absolute Gasteiger partial charge is 0.229 e. The maximum absolute atomic E-state index is 9.88. The van der Waals surface area contributed by atoms with Gasteiger partial charge in [-0.25, -0.2) is 0 Å². The monoisotopic (exact) mass is 294 g/mol. The summed E-state index contributed by atoms with van der Waals surface area (Å²) in [4.78, 5) is 0. The second-order valence-electron chi connectivity index (χ2n) is 4.98. The first kappa shape index (κ1) is 15.6. The van der Waals surface area contributed by atoms with E-state index in [2.05, 4.69) is 5.92 Å². The number of aliphatic hydroxyl groups excluding tert-OH is 3. The maximum atomic E-state index is 9.88. The van der Waals surface area contributed by atoms with E-state index in [0.717, 1.165) is 5.56 Å². The van der Waals surface area contributed by atoms with Crippen LogP contribution < -0.4 is 4.74 Å². The Labute approximate surface area is 122 Å². The minimum atomic E-state index is -1.43. The predicted molar refractivity (Wildman–Crippen MR) is 73.6 cm³/mol. The van der Waals surface area contributed by atoms with E-state index >= 15 is 0 Å². The van der Waals surface area contributed by atoms with Gasteiger partial charge in [0, 0.05) is 6.42 Å². The topological polar surface area (TPSA) is 99.4 Å². The highest BCUT2D eigenvalue weighted by atomic mass is 16.7. The van der Waals surface area contributed by atoms with Gasteiger partial charge >= 0.3 is 0 Å². The summed E-state index contributed by atoms with van der Waals surface area (Å²) in [6, 6.07) is 4.64. The fourth-order valence-electron chi connectivity index (χ4n) is 2.13. The molecule has 5 unspecified atom stereocenters. The molecule has 0 aliphatic carbocycles. The van der Waals surface area contributed by atoms with Crippen molar-refractivity contribution in [2.75, 3.05) is 0 Å². The van der Waals surface area contributed by atoms with Crippen LogP contribution in [0.3, 0.4) is 0 Å². The minimum absolute atomic E-state index is 0.0932. The SMILES string of the molecule is C#CCc1ccc(OC2OC(C)C(O)C(O)C2O)c(O)c1. The highest BCUT2D eigenvalue weighted by Crippen LogP contribution is 2.31. The number of terminal acetylenes is 1. The van der Waals surface area contributed by atoms with Crippen LogP contribution in [0.1, 0.15) is 12.5 Å². The van der Waals surface area contributed by atoms with Gasteiger partial charge in [-0.05, 0) is 24.6 Å². The van der Waals surface area contributed by atoms with E-state index in [1.807, 2.05) is 0 Å². The van der Waals surface area contributed by atoms with Crippen LogP contribution in [0, 0.1) is 12.3 Å². The molecule has 0 aromatic heterocycles. The molecule has 1 saturated heterocycles. The summed E-state index contributed by atoms with van der Waals surface area (Å²) in [5.74, 6) is 2.40. The van der Waals surface area contributed by atoms with Gasteiger partial charge in [0.1, 0.15) is 18.3 Å². The number of benzene rings is 1. The number of hydrogen-bond donors (Lipinski definition) is 4. The third kappa shape index (κ3) is 3.28. The standard InChI is InChI=1S/C15H18O6/c1-3-4-9-5-6-11(10(16)7-9)21-15-14(19)13(18)12(17)8(2)20-15/h1,5-8,12-19H,4H2,2H3. The Morgan fingerprint density at radius 2 is 1.95 bits per heavy atom. The van der Waals surface area contributed by atoms with Crippen molar-refractivity contribution in [3.63, 3.8) is 0 Å². The molecule has 1 heterocycles. The summed E-state index contributed by atoms with van der Waals surface area (Å²) < 4.78 is 10.7. The molecule has 6 nitrogen and oxygen atoms in total. The predicted octanol–water partition coefficient (Wildman–Crippen LogP) is -0.226. The quantitative estimate of drug-likeness (QED) is 0.575. The molecular weight excluding hydrogens is 276 g/mol. The molecule has 0 amide bonds. The molecule has 1 aromatic rings. The molecule has 21 heavy (non-hydrogen) atoms. The van der Waals surface area contributed by atoms with Crippen LogP contribution in [0.5, 0.6) is 11.5 Å². The van der Waals surface area contributed by atoms with Crippen molar-refractivity contribution in [2.45, 2.75) is 44.1 Å². The van der Waals surface area contributed by atoms with Gasteiger partial charge in [0.15, 0.2) is 11.5 Å². The number of hydrogen-bond acceptors (Lipinski definition) is 6. The van der Waals surface area contributed by atoms with E-state index in [0.29, 0.717) is 6.42 Å². The van der Waals surface area contributed by atoms with Gasteiger partial charge in [0.05, 0.1) is 6.10 Å². The molecule has 1 fully saturated rings. The lowest BCUT2D eigenvalue weighted by atomic mass is 10.00. The first-order chi connectivity index (χ1) is 9.93. The lowest BCUT2D eigenvalue weighted by Crippen LogP contribution is -2.58. The summed E-state index contributed by atoms with van der Waals surface area (Å²) in [7, 11) is 0. The second-order valence-corrected chi connectivity index (χ2v) is 4.98. The van der Waals surface area contributed by atoms with Crippen molar-refractivity contribution in [3.05, 3.63) is 23.8 Å². The molecule has 6 heteroatoms. The van der Waals surface area contributed by atoms with Crippen LogP contribution in [0.15, 0.2) is 18.2 Å². The van der Waals surface area contributed by atoms with Crippen LogP contribution in [-0.4, -0.2) is 51.1 Å². The van der Waals surface area contributed by atoms with Crippen molar-refractivity contribution in [2.24, 2.45) is 0 Å². The van der Waals surface area contributed by atoms with Crippen LogP contribution in [0.4, 0.5) is 0 Å². The summed E-state index contributed by atoms with van der Waals surface area (Å²) in [5, 5.41) is 39.0. The molecule has 0 saturated carbocycles. The van der Waals surface area contributed by atoms with Gasteiger partial charge in [0.25, 0.3) is 0 Å². The Balaban J connectivity index is 2.13. The zero-order valence-corrected chi connectivity index (χ0v) is 11.5. The van der Waals surface area contributed by atoms with Crippen LogP contribution in [0.2, 0.25) is 0 Å². The van der Waals surface area contributed by atoms with E-state index in [1.54, 1.807) is 13.0 Å².